The first-order chi connectivity index (χ1) is 8.06. The number of rotatable bonds is 4. The Morgan fingerprint density at radius 3 is 2.94 bits per heavy atom. The van der Waals surface area contributed by atoms with Gasteiger partial charge >= 0.3 is 0 Å². The summed E-state index contributed by atoms with van der Waals surface area (Å²) in [6.07, 6.45) is 3.42. The lowest BCUT2D eigenvalue weighted by Gasteiger charge is -2.35. The van der Waals surface area contributed by atoms with Crippen molar-refractivity contribution >= 4 is 22.9 Å². The van der Waals surface area contributed by atoms with Crippen LogP contribution in [0.15, 0.2) is 18.3 Å². The molecule has 2 rings (SSSR count). The van der Waals surface area contributed by atoms with E-state index in [1.807, 2.05) is 19.2 Å². The van der Waals surface area contributed by atoms with Gasteiger partial charge in [0.2, 0.25) is 0 Å². The molecule has 0 bridgehead atoms. The van der Waals surface area contributed by atoms with E-state index in [0.29, 0.717) is 16.6 Å². The maximum Gasteiger partial charge on any atom is 0.122 e. The second-order valence-corrected chi connectivity index (χ2v) is 5.08. The number of nitrogens with zero attached hydrogens (tertiary/aromatic N) is 2. The molecule has 3 N–H and O–H groups in total. The van der Waals surface area contributed by atoms with Gasteiger partial charge in [-0.05, 0) is 30.9 Å². The highest BCUT2D eigenvalue weighted by Crippen LogP contribution is 2.29. The summed E-state index contributed by atoms with van der Waals surface area (Å²) >= 11 is 4.91. The third kappa shape index (κ3) is 2.92. The molecule has 5 heteroatoms. The largest absolute Gasteiger partial charge is 0.393 e. The number of hydrogen-bond acceptors (Lipinski definition) is 4. The molecule has 0 amide bonds. The highest BCUT2D eigenvalue weighted by Gasteiger charge is 2.28. The van der Waals surface area contributed by atoms with Gasteiger partial charge in [0.05, 0.1) is 11.8 Å². The van der Waals surface area contributed by atoms with E-state index in [4.69, 9.17) is 18.0 Å². The zero-order valence-electron chi connectivity index (χ0n) is 9.84. The van der Waals surface area contributed by atoms with E-state index in [1.54, 1.807) is 6.20 Å². The van der Waals surface area contributed by atoms with Crippen LogP contribution in [0.4, 0.5) is 5.69 Å². The average Bonchev–Trinajstić information content (AvgIpc) is 2.27. The minimum absolute atomic E-state index is 0.0991. The lowest BCUT2D eigenvalue weighted by Crippen LogP contribution is -2.37. The molecule has 1 aliphatic rings. The first-order valence-corrected chi connectivity index (χ1v) is 6.12. The number of nitrogens with two attached hydrogens (primary N) is 1. The highest BCUT2D eigenvalue weighted by atomic mass is 32.1. The van der Waals surface area contributed by atoms with Crippen LogP contribution in [0, 0.1) is 5.92 Å². The molecular weight excluding hydrogens is 234 g/mol. The highest BCUT2D eigenvalue weighted by molar-refractivity contribution is 7.80. The molecule has 0 radical (unpaired) electrons. The predicted molar refractivity (Wildman–Crippen MR) is 72.1 cm³/mol. The zero-order valence-corrected chi connectivity index (χ0v) is 10.7. The Morgan fingerprint density at radius 1 is 1.65 bits per heavy atom. The van der Waals surface area contributed by atoms with E-state index >= 15 is 0 Å². The van der Waals surface area contributed by atoms with Crippen LogP contribution in [0.2, 0.25) is 0 Å². The van der Waals surface area contributed by atoms with E-state index in [0.717, 1.165) is 25.1 Å². The van der Waals surface area contributed by atoms with E-state index in [-0.39, 0.29) is 6.10 Å². The first kappa shape index (κ1) is 12.3. The molecule has 1 aliphatic carbocycles. The number of thiocarbonyl (C=S) groups is 1. The van der Waals surface area contributed by atoms with Crippen molar-refractivity contribution in [2.75, 3.05) is 18.5 Å². The fraction of sp³-hybridized carbons (Fsp3) is 0.500. The SMILES string of the molecule is CN(CC1CC(O)C1)c1ccnc(C(N)=S)c1. The Morgan fingerprint density at radius 2 is 2.35 bits per heavy atom. The van der Waals surface area contributed by atoms with Crippen LogP contribution in [0.3, 0.4) is 0 Å². The molecule has 1 aromatic rings. The van der Waals surface area contributed by atoms with Gasteiger partial charge in [-0.15, -0.1) is 0 Å². The van der Waals surface area contributed by atoms with Gasteiger partial charge in [0, 0.05) is 25.5 Å². The molecular formula is C12H17N3OS. The number of aliphatic hydroxyl groups excluding tert-OH is 1. The molecule has 17 heavy (non-hydrogen) atoms. The molecule has 92 valence electrons. The normalized spacial score (nSPS) is 22.9. The summed E-state index contributed by atoms with van der Waals surface area (Å²) < 4.78 is 0. The van der Waals surface area contributed by atoms with E-state index in [1.165, 1.54) is 0 Å². The van der Waals surface area contributed by atoms with Crippen LogP contribution >= 0.6 is 12.2 Å². The Balaban J connectivity index is 2.00. The topological polar surface area (TPSA) is 62.4 Å². The van der Waals surface area contributed by atoms with Crippen molar-refractivity contribution in [1.82, 2.24) is 4.98 Å². The summed E-state index contributed by atoms with van der Waals surface area (Å²) in [5, 5.41) is 9.26. The van der Waals surface area contributed by atoms with E-state index in [2.05, 4.69) is 9.88 Å². The summed E-state index contributed by atoms with van der Waals surface area (Å²) in [5.74, 6) is 0.580. The molecule has 1 fully saturated rings. The maximum atomic E-state index is 9.26. The second kappa shape index (κ2) is 4.98. The summed E-state index contributed by atoms with van der Waals surface area (Å²) in [6, 6.07) is 3.84. The van der Waals surface area contributed by atoms with Crippen molar-refractivity contribution in [3.05, 3.63) is 24.0 Å². The van der Waals surface area contributed by atoms with Crippen molar-refractivity contribution in [3.63, 3.8) is 0 Å². The fourth-order valence-corrected chi connectivity index (χ4v) is 2.25. The van der Waals surface area contributed by atoms with Crippen LogP contribution in [-0.2, 0) is 0 Å². The number of aliphatic hydroxyl groups is 1. The Kier molecular flexibility index (Phi) is 3.59. The lowest BCUT2D eigenvalue weighted by molar-refractivity contribution is 0.0465. The Hall–Kier alpha value is -1.20. The summed E-state index contributed by atoms with van der Waals surface area (Å²) in [6.45, 7) is 0.942. The number of hydrogen-bond donors (Lipinski definition) is 2. The minimum Gasteiger partial charge on any atom is -0.393 e. The molecule has 0 unspecified atom stereocenters. The predicted octanol–water partition coefficient (Wildman–Crippen LogP) is 0.923. The van der Waals surface area contributed by atoms with Gasteiger partial charge in [-0.25, -0.2) is 0 Å². The van der Waals surface area contributed by atoms with Gasteiger partial charge in [0.15, 0.2) is 0 Å². The second-order valence-electron chi connectivity index (χ2n) is 4.64. The van der Waals surface area contributed by atoms with Gasteiger partial charge in [0.1, 0.15) is 4.99 Å². The smallest absolute Gasteiger partial charge is 0.122 e. The van der Waals surface area contributed by atoms with Gasteiger partial charge in [-0.2, -0.15) is 0 Å². The molecule has 0 aromatic carbocycles. The monoisotopic (exact) mass is 251 g/mol. The number of pyridine rings is 1. The molecule has 0 atom stereocenters. The van der Waals surface area contributed by atoms with Crippen molar-refractivity contribution in [2.45, 2.75) is 18.9 Å². The Bertz CT molecular complexity index is 418. The minimum atomic E-state index is -0.0991. The van der Waals surface area contributed by atoms with Crippen LogP contribution in [0.5, 0.6) is 0 Å². The number of aromatic nitrogens is 1. The van der Waals surface area contributed by atoms with Gasteiger partial charge in [-0.1, -0.05) is 12.2 Å². The average molecular weight is 251 g/mol. The third-order valence-electron chi connectivity index (χ3n) is 3.18. The summed E-state index contributed by atoms with van der Waals surface area (Å²) in [7, 11) is 2.03. The van der Waals surface area contributed by atoms with Gasteiger partial charge < -0.3 is 15.7 Å². The van der Waals surface area contributed by atoms with Crippen molar-refractivity contribution < 1.29 is 5.11 Å². The van der Waals surface area contributed by atoms with Crippen molar-refractivity contribution in [3.8, 4) is 0 Å². The molecule has 0 spiro atoms. The van der Waals surface area contributed by atoms with Crippen LogP contribution < -0.4 is 10.6 Å². The van der Waals surface area contributed by atoms with E-state index < -0.39 is 0 Å². The maximum absolute atomic E-state index is 9.26. The van der Waals surface area contributed by atoms with Crippen molar-refractivity contribution in [1.29, 1.82) is 0 Å². The molecule has 1 saturated carbocycles. The Labute approximate surface area is 106 Å². The van der Waals surface area contributed by atoms with Crippen LogP contribution in [0.25, 0.3) is 0 Å². The fourth-order valence-electron chi connectivity index (χ4n) is 2.13. The van der Waals surface area contributed by atoms with Gasteiger partial charge in [0.25, 0.3) is 0 Å². The molecule has 1 heterocycles. The molecule has 0 aliphatic heterocycles. The lowest BCUT2D eigenvalue weighted by atomic mass is 9.82. The molecule has 1 aromatic heterocycles. The molecule has 4 nitrogen and oxygen atoms in total. The van der Waals surface area contributed by atoms with E-state index in [9.17, 15) is 5.11 Å². The summed E-state index contributed by atoms with van der Waals surface area (Å²) in [4.78, 5) is 6.59. The number of anilines is 1. The van der Waals surface area contributed by atoms with Crippen molar-refractivity contribution in [2.24, 2.45) is 11.7 Å². The third-order valence-corrected chi connectivity index (χ3v) is 3.39. The standard InChI is InChI=1S/C12H17N3OS/c1-15(7-8-4-10(16)5-8)9-2-3-14-11(6-9)12(13)17/h2-3,6,8,10,16H,4-5,7H2,1H3,(H2,13,17). The molecule has 0 saturated heterocycles. The van der Waals surface area contributed by atoms with Crippen LogP contribution in [0.1, 0.15) is 18.5 Å². The van der Waals surface area contributed by atoms with Gasteiger partial charge in [-0.3, -0.25) is 4.98 Å². The quantitative estimate of drug-likeness (QED) is 0.779. The first-order valence-electron chi connectivity index (χ1n) is 5.71. The zero-order chi connectivity index (χ0) is 12.4. The van der Waals surface area contributed by atoms with Crippen LogP contribution in [-0.4, -0.2) is 34.8 Å². The summed E-state index contributed by atoms with van der Waals surface area (Å²) in [5.41, 5.74) is 7.27.